The molecule has 0 amide bonds. The van der Waals surface area contributed by atoms with Gasteiger partial charge < -0.3 is 9.84 Å². The Bertz CT molecular complexity index is 922. The number of aromatic carboxylic acids is 1. The van der Waals surface area contributed by atoms with E-state index in [1.807, 2.05) is 36.4 Å². The van der Waals surface area contributed by atoms with Gasteiger partial charge in [0.1, 0.15) is 12.4 Å². The van der Waals surface area contributed by atoms with Gasteiger partial charge in [0.2, 0.25) is 0 Å². The molecule has 130 valence electrons. The topological polar surface area (TPSA) is 58.9 Å². The Labute approximate surface area is 156 Å². The average Bonchev–Trinajstić information content (AvgIpc) is 2.67. The fourth-order valence-electron chi connectivity index (χ4n) is 2.28. The third-order valence-electron chi connectivity index (χ3n) is 3.67. The van der Waals surface area contributed by atoms with Crippen molar-refractivity contribution in [2.75, 3.05) is 0 Å². The molecular formula is C21H16ClNO3. The molecule has 4 nitrogen and oxygen atoms in total. The van der Waals surface area contributed by atoms with Crippen LogP contribution in [-0.4, -0.2) is 17.3 Å². The number of benzene rings is 3. The molecule has 0 bridgehead atoms. The highest BCUT2D eigenvalue weighted by atomic mass is 35.5. The summed E-state index contributed by atoms with van der Waals surface area (Å²) in [5.74, 6) is -0.390. The minimum Gasteiger partial charge on any atom is -0.487 e. The molecule has 0 atom stereocenters. The van der Waals surface area contributed by atoms with E-state index in [-0.39, 0.29) is 5.56 Å². The zero-order chi connectivity index (χ0) is 18.4. The molecule has 0 aliphatic heterocycles. The zero-order valence-corrected chi connectivity index (χ0v) is 14.6. The predicted octanol–water partition coefficient (Wildman–Crippen LogP) is 5.37. The first-order valence-electron chi connectivity index (χ1n) is 7.95. The molecule has 0 radical (unpaired) electrons. The normalized spacial score (nSPS) is 10.8. The Hall–Kier alpha value is -3.11. The highest BCUT2D eigenvalue weighted by Gasteiger charge is 2.05. The summed E-state index contributed by atoms with van der Waals surface area (Å²) >= 11 is 6.28. The number of halogens is 1. The van der Waals surface area contributed by atoms with Crippen molar-refractivity contribution >= 4 is 29.5 Å². The maximum atomic E-state index is 10.9. The lowest BCUT2D eigenvalue weighted by Crippen LogP contribution is -1.99. The Morgan fingerprint density at radius 2 is 1.77 bits per heavy atom. The number of rotatable bonds is 6. The zero-order valence-electron chi connectivity index (χ0n) is 13.8. The number of ether oxygens (including phenoxy) is 1. The van der Waals surface area contributed by atoms with E-state index in [9.17, 15) is 4.79 Å². The highest BCUT2D eigenvalue weighted by Crippen LogP contribution is 2.26. The third-order valence-corrected chi connectivity index (χ3v) is 3.97. The van der Waals surface area contributed by atoms with Crippen LogP contribution < -0.4 is 4.74 Å². The van der Waals surface area contributed by atoms with Crippen molar-refractivity contribution in [3.63, 3.8) is 0 Å². The Morgan fingerprint density at radius 1 is 1.04 bits per heavy atom. The number of carboxylic acid groups (broad SMARTS) is 1. The molecule has 5 heteroatoms. The van der Waals surface area contributed by atoms with Crippen LogP contribution in [0.1, 0.15) is 21.5 Å². The molecule has 0 fully saturated rings. The van der Waals surface area contributed by atoms with Crippen LogP contribution in [0.3, 0.4) is 0 Å². The van der Waals surface area contributed by atoms with Crippen LogP contribution in [0.4, 0.5) is 5.69 Å². The lowest BCUT2D eigenvalue weighted by Gasteiger charge is -2.09. The molecule has 0 spiro atoms. The van der Waals surface area contributed by atoms with Gasteiger partial charge in [-0.05, 0) is 53.6 Å². The number of aliphatic imine (C=N–C) groups is 1. The fraction of sp³-hybridized carbons (Fsp3) is 0.0476. The van der Waals surface area contributed by atoms with E-state index >= 15 is 0 Å². The second kappa shape index (κ2) is 8.32. The number of para-hydroxylation sites is 1. The summed E-state index contributed by atoms with van der Waals surface area (Å²) in [7, 11) is 0. The second-order valence-electron chi connectivity index (χ2n) is 5.57. The van der Waals surface area contributed by atoms with E-state index in [1.165, 1.54) is 0 Å². The van der Waals surface area contributed by atoms with Gasteiger partial charge in [-0.3, -0.25) is 4.99 Å². The summed E-state index contributed by atoms with van der Waals surface area (Å²) in [5, 5.41) is 9.39. The van der Waals surface area contributed by atoms with Crippen LogP contribution in [0.5, 0.6) is 5.75 Å². The van der Waals surface area contributed by atoms with Crippen molar-refractivity contribution in [1.29, 1.82) is 0 Å². The first kappa shape index (κ1) is 17.7. The maximum absolute atomic E-state index is 10.9. The number of nitrogens with zero attached hydrogens (tertiary/aromatic N) is 1. The highest BCUT2D eigenvalue weighted by molar-refractivity contribution is 6.32. The first-order valence-corrected chi connectivity index (χ1v) is 8.33. The van der Waals surface area contributed by atoms with Crippen LogP contribution >= 0.6 is 11.6 Å². The van der Waals surface area contributed by atoms with E-state index in [0.717, 1.165) is 16.8 Å². The van der Waals surface area contributed by atoms with Crippen molar-refractivity contribution in [2.24, 2.45) is 4.99 Å². The molecule has 3 rings (SSSR count). The number of hydrogen-bond acceptors (Lipinski definition) is 3. The standard InChI is InChI=1S/C21H16ClNO3/c22-19-12-16(13-23-18-4-2-1-3-5-18)8-11-20(19)26-14-15-6-9-17(10-7-15)21(24)25/h1-13H,14H2,(H,24,25). The van der Waals surface area contributed by atoms with Crippen molar-refractivity contribution in [1.82, 2.24) is 0 Å². The largest absolute Gasteiger partial charge is 0.487 e. The molecular weight excluding hydrogens is 350 g/mol. The summed E-state index contributed by atoms with van der Waals surface area (Å²) in [6.07, 6.45) is 1.75. The summed E-state index contributed by atoms with van der Waals surface area (Å²) < 4.78 is 5.72. The summed E-state index contributed by atoms with van der Waals surface area (Å²) in [4.78, 5) is 15.2. The van der Waals surface area contributed by atoms with Gasteiger partial charge in [0, 0.05) is 6.21 Å². The predicted molar refractivity (Wildman–Crippen MR) is 103 cm³/mol. The smallest absolute Gasteiger partial charge is 0.335 e. The van der Waals surface area contributed by atoms with Gasteiger partial charge in [0.05, 0.1) is 16.3 Å². The monoisotopic (exact) mass is 365 g/mol. The number of carboxylic acids is 1. The van der Waals surface area contributed by atoms with Gasteiger partial charge in [-0.2, -0.15) is 0 Å². The molecule has 0 aliphatic rings. The van der Waals surface area contributed by atoms with Crippen LogP contribution in [0, 0.1) is 0 Å². The lowest BCUT2D eigenvalue weighted by molar-refractivity contribution is 0.0697. The second-order valence-corrected chi connectivity index (χ2v) is 5.98. The average molecular weight is 366 g/mol. The van der Waals surface area contributed by atoms with Crippen molar-refractivity contribution in [2.45, 2.75) is 6.61 Å². The van der Waals surface area contributed by atoms with Crippen molar-refractivity contribution in [3.05, 3.63) is 94.5 Å². The van der Waals surface area contributed by atoms with Crippen molar-refractivity contribution in [3.8, 4) is 5.75 Å². The van der Waals surface area contributed by atoms with Gasteiger partial charge in [0.15, 0.2) is 0 Å². The van der Waals surface area contributed by atoms with E-state index in [2.05, 4.69) is 4.99 Å². The third kappa shape index (κ3) is 4.71. The fourth-order valence-corrected chi connectivity index (χ4v) is 2.53. The Kier molecular flexibility index (Phi) is 5.66. The van der Waals surface area contributed by atoms with E-state index in [4.69, 9.17) is 21.4 Å². The molecule has 26 heavy (non-hydrogen) atoms. The maximum Gasteiger partial charge on any atom is 0.335 e. The van der Waals surface area contributed by atoms with Gasteiger partial charge in [-0.1, -0.05) is 41.9 Å². The van der Waals surface area contributed by atoms with E-state index in [0.29, 0.717) is 17.4 Å². The van der Waals surface area contributed by atoms with Gasteiger partial charge >= 0.3 is 5.97 Å². The first-order chi connectivity index (χ1) is 12.6. The lowest BCUT2D eigenvalue weighted by atomic mass is 10.1. The molecule has 1 N–H and O–H groups in total. The summed E-state index contributed by atoms with van der Waals surface area (Å²) in [6, 6.07) is 21.6. The molecule has 0 saturated carbocycles. The Balaban J connectivity index is 1.64. The van der Waals surface area contributed by atoms with Crippen LogP contribution in [0.2, 0.25) is 5.02 Å². The number of hydrogen-bond donors (Lipinski definition) is 1. The van der Waals surface area contributed by atoms with E-state index < -0.39 is 5.97 Å². The number of carbonyl (C=O) groups is 1. The van der Waals surface area contributed by atoms with Gasteiger partial charge in [-0.25, -0.2) is 4.79 Å². The summed E-state index contributed by atoms with van der Waals surface area (Å²) in [6.45, 7) is 0.303. The minimum absolute atomic E-state index is 0.244. The van der Waals surface area contributed by atoms with Gasteiger partial charge in [0.25, 0.3) is 0 Å². The quantitative estimate of drug-likeness (QED) is 0.597. The van der Waals surface area contributed by atoms with E-state index in [1.54, 1.807) is 42.6 Å². The molecule has 0 saturated heterocycles. The van der Waals surface area contributed by atoms with Crippen LogP contribution in [-0.2, 0) is 6.61 Å². The van der Waals surface area contributed by atoms with Crippen molar-refractivity contribution < 1.29 is 14.6 Å². The minimum atomic E-state index is -0.951. The molecule has 0 heterocycles. The molecule has 0 aromatic heterocycles. The summed E-state index contributed by atoms with van der Waals surface area (Å²) in [5.41, 5.74) is 2.85. The molecule has 3 aromatic carbocycles. The SMILES string of the molecule is O=C(O)c1ccc(COc2ccc(C=Nc3ccccc3)cc2Cl)cc1. The van der Waals surface area contributed by atoms with Crippen LogP contribution in [0.15, 0.2) is 77.8 Å². The molecule has 0 aliphatic carbocycles. The van der Waals surface area contributed by atoms with Gasteiger partial charge in [-0.15, -0.1) is 0 Å². The molecule has 3 aromatic rings. The Morgan fingerprint density at radius 3 is 2.42 bits per heavy atom. The van der Waals surface area contributed by atoms with Crippen LogP contribution in [0.25, 0.3) is 0 Å². The molecule has 0 unspecified atom stereocenters.